The van der Waals surface area contributed by atoms with E-state index >= 15 is 0 Å². The molecule has 0 aromatic carbocycles. The van der Waals surface area contributed by atoms with Gasteiger partial charge in [0, 0.05) is 0 Å². The Bertz CT molecular complexity index is 440. The van der Waals surface area contributed by atoms with Gasteiger partial charge < -0.3 is 10.3 Å². The van der Waals surface area contributed by atoms with E-state index in [4.69, 9.17) is 10.3 Å². The van der Waals surface area contributed by atoms with Gasteiger partial charge >= 0.3 is 0 Å². The maximum Gasteiger partial charge on any atom is 0.268 e. The van der Waals surface area contributed by atoms with E-state index in [0.717, 1.165) is 17.8 Å². The number of rotatable bonds is 6. The van der Waals surface area contributed by atoms with E-state index in [2.05, 4.69) is 15.0 Å². The van der Waals surface area contributed by atoms with Gasteiger partial charge in [-0.15, -0.1) is 11.3 Å². The zero-order valence-corrected chi connectivity index (χ0v) is 10.6. The van der Waals surface area contributed by atoms with E-state index in [1.54, 1.807) is 11.3 Å². The predicted molar refractivity (Wildman–Crippen MR) is 67.6 cm³/mol. The molecule has 0 amide bonds. The van der Waals surface area contributed by atoms with Crippen LogP contribution in [0.4, 0.5) is 0 Å². The number of hydrogen-bond acceptors (Lipinski definition) is 6. The molecule has 5 nitrogen and oxygen atoms in total. The molecule has 0 saturated heterocycles. The lowest BCUT2D eigenvalue weighted by molar-refractivity contribution is 0.307. The van der Waals surface area contributed by atoms with Crippen molar-refractivity contribution in [2.75, 3.05) is 20.1 Å². The summed E-state index contributed by atoms with van der Waals surface area (Å²) < 4.78 is 5.21. The molecular formula is C11H16N4OS. The highest BCUT2D eigenvalue weighted by atomic mass is 32.1. The van der Waals surface area contributed by atoms with Crippen molar-refractivity contribution in [3.05, 3.63) is 23.3 Å². The summed E-state index contributed by atoms with van der Waals surface area (Å²) in [4.78, 5) is 7.50. The second-order valence-corrected chi connectivity index (χ2v) is 4.82. The summed E-state index contributed by atoms with van der Waals surface area (Å²) in [5, 5.41) is 5.96. The quantitative estimate of drug-likeness (QED) is 0.845. The van der Waals surface area contributed by atoms with Gasteiger partial charge in [0.15, 0.2) is 5.82 Å². The van der Waals surface area contributed by atoms with Gasteiger partial charge in [0.25, 0.3) is 5.89 Å². The summed E-state index contributed by atoms with van der Waals surface area (Å²) in [5.74, 6) is 1.31. The van der Waals surface area contributed by atoms with Crippen LogP contribution in [0.2, 0.25) is 0 Å². The Labute approximate surface area is 104 Å². The summed E-state index contributed by atoms with van der Waals surface area (Å²) in [6.07, 6.45) is 0.978. The molecule has 0 spiro atoms. The fraction of sp³-hybridized carbons (Fsp3) is 0.455. The highest BCUT2D eigenvalue weighted by Crippen LogP contribution is 2.22. The number of nitrogens with zero attached hydrogens (tertiary/aromatic N) is 3. The monoisotopic (exact) mass is 252 g/mol. The van der Waals surface area contributed by atoms with Gasteiger partial charge in [-0.3, -0.25) is 4.90 Å². The minimum absolute atomic E-state index is 0.599. The highest BCUT2D eigenvalue weighted by Gasteiger charge is 2.10. The van der Waals surface area contributed by atoms with Crippen molar-refractivity contribution in [3.8, 4) is 10.8 Å². The average Bonchev–Trinajstić information content (AvgIpc) is 2.95. The minimum Gasteiger partial charge on any atom is -0.333 e. The van der Waals surface area contributed by atoms with Crippen LogP contribution in [0, 0.1) is 0 Å². The molecule has 6 heteroatoms. The van der Waals surface area contributed by atoms with Crippen LogP contribution in [-0.4, -0.2) is 35.2 Å². The van der Waals surface area contributed by atoms with Gasteiger partial charge in [0.2, 0.25) is 0 Å². The molecule has 0 aliphatic heterocycles. The Balaban J connectivity index is 1.94. The lowest BCUT2D eigenvalue weighted by Crippen LogP contribution is -2.21. The fourth-order valence-electron chi connectivity index (χ4n) is 1.50. The number of hydrogen-bond donors (Lipinski definition) is 1. The molecule has 0 radical (unpaired) electrons. The lowest BCUT2D eigenvalue weighted by atomic mass is 10.4. The summed E-state index contributed by atoms with van der Waals surface area (Å²) >= 11 is 1.60. The van der Waals surface area contributed by atoms with Crippen molar-refractivity contribution >= 4 is 11.3 Å². The maximum absolute atomic E-state index is 5.46. The topological polar surface area (TPSA) is 68.2 Å². The Morgan fingerprint density at radius 2 is 2.41 bits per heavy atom. The van der Waals surface area contributed by atoms with Crippen LogP contribution in [0.1, 0.15) is 12.2 Å². The minimum atomic E-state index is 0.599. The van der Waals surface area contributed by atoms with Crippen LogP contribution in [0.25, 0.3) is 10.8 Å². The van der Waals surface area contributed by atoms with Gasteiger partial charge in [-0.2, -0.15) is 4.98 Å². The second kappa shape index (κ2) is 5.90. The molecule has 2 N–H and O–H groups in total. The van der Waals surface area contributed by atoms with E-state index in [9.17, 15) is 0 Å². The lowest BCUT2D eigenvalue weighted by Gasteiger charge is -2.12. The van der Waals surface area contributed by atoms with Crippen molar-refractivity contribution in [2.24, 2.45) is 5.73 Å². The van der Waals surface area contributed by atoms with Crippen LogP contribution in [0.5, 0.6) is 0 Å². The van der Waals surface area contributed by atoms with Gasteiger partial charge in [0.1, 0.15) is 0 Å². The molecule has 0 aliphatic carbocycles. The van der Waals surface area contributed by atoms with E-state index in [0.29, 0.717) is 24.8 Å². The molecule has 0 bridgehead atoms. The standard InChI is InChI=1S/C11H16N4OS/c1-15(6-3-5-12)8-10-13-11(16-14-10)9-4-2-7-17-9/h2,4,7H,3,5-6,8,12H2,1H3. The summed E-state index contributed by atoms with van der Waals surface area (Å²) in [7, 11) is 2.02. The van der Waals surface area contributed by atoms with Crippen LogP contribution in [0.15, 0.2) is 22.0 Å². The second-order valence-electron chi connectivity index (χ2n) is 3.87. The number of aromatic nitrogens is 2. The van der Waals surface area contributed by atoms with Crippen LogP contribution >= 0.6 is 11.3 Å². The first-order chi connectivity index (χ1) is 8.29. The van der Waals surface area contributed by atoms with Gasteiger partial charge in [-0.05, 0) is 38.0 Å². The molecule has 0 unspecified atom stereocenters. The first-order valence-electron chi connectivity index (χ1n) is 5.54. The molecule has 2 aromatic heterocycles. The molecule has 92 valence electrons. The Hall–Kier alpha value is -1.24. The predicted octanol–water partition coefficient (Wildman–Crippen LogP) is 1.58. The van der Waals surface area contributed by atoms with Crippen molar-refractivity contribution in [2.45, 2.75) is 13.0 Å². The molecule has 0 fully saturated rings. The first-order valence-corrected chi connectivity index (χ1v) is 6.42. The highest BCUT2D eigenvalue weighted by molar-refractivity contribution is 7.13. The Morgan fingerprint density at radius 1 is 1.53 bits per heavy atom. The summed E-state index contributed by atoms with van der Waals surface area (Å²) in [6, 6.07) is 3.94. The van der Waals surface area contributed by atoms with Gasteiger partial charge in [-0.1, -0.05) is 11.2 Å². The van der Waals surface area contributed by atoms with E-state index < -0.39 is 0 Å². The zero-order valence-electron chi connectivity index (χ0n) is 9.80. The molecule has 0 aliphatic rings. The van der Waals surface area contributed by atoms with Crippen molar-refractivity contribution in [1.82, 2.24) is 15.0 Å². The van der Waals surface area contributed by atoms with Gasteiger partial charge in [0.05, 0.1) is 11.4 Å². The molecule has 17 heavy (non-hydrogen) atoms. The van der Waals surface area contributed by atoms with E-state index in [-0.39, 0.29) is 0 Å². The SMILES string of the molecule is CN(CCCN)Cc1noc(-c2cccs2)n1. The molecule has 2 aromatic rings. The van der Waals surface area contributed by atoms with Gasteiger partial charge in [-0.25, -0.2) is 0 Å². The van der Waals surface area contributed by atoms with Crippen molar-refractivity contribution in [3.63, 3.8) is 0 Å². The molecule has 2 heterocycles. The third kappa shape index (κ3) is 3.36. The third-order valence-electron chi connectivity index (χ3n) is 2.36. The van der Waals surface area contributed by atoms with Crippen LogP contribution in [-0.2, 0) is 6.54 Å². The summed E-state index contributed by atoms with van der Waals surface area (Å²) in [6.45, 7) is 2.34. The maximum atomic E-state index is 5.46. The van der Waals surface area contributed by atoms with E-state index in [1.165, 1.54) is 0 Å². The number of nitrogens with two attached hydrogens (primary N) is 1. The van der Waals surface area contributed by atoms with E-state index in [1.807, 2.05) is 24.6 Å². The molecule has 0 atom stereocenters. The zero-order chi connectivity index (χ0) is 12.1. The van der Waals surface area contributed by atoms with Crippen molar-refractivity contribution < 1.29 is 4.52 Å². The largest absolute Gasteiger partial charge is 0.333 e. The Morgan fingerprint density at radius 3 is 3.12 bits per heavy atom. The van der Waals surface area contributed by atoms with Crippen LogP contribution in [0.3, 0.4) is 0 Å². The smallest absolute Gasteiger partial charge is 0.268 e. The van der Waals surface area contributed by atoms with Crippen molar-refractivity contribution in [1.29, 1.82) is 0 Å². The summed E-state index contributed by atoms with van der Waals surface area (Å²) in [5.41, 5.74) is 5.46. The Kier molecular flexibility index (Phi) is 4.24. The average molecular weight is 252 g/mol. The molecular weight excluding hydrogens is 236 g/mol. The normalized spacial score (nSPS) is 11.2. The fourth-order valence-corrected chi connectivity index (χ4v) is 2.14. The third-order valence-corrected chi connectivity index (χ3v) is 3.21. The first kappa shape index (κ1) is 12.2. The molecule has 0 saturated carbocycles. The van der Waals surface area contributed by atoms with Crippen LogP contribution < -0.4 is 5.73 Å². The molecule has 2 rings (SSSR count). The number of thiophene rings is 1.